The van der Waals surface area contributed by atoms with Crippen LogP contribution in [0, 0.1) is 23.7 Å². The van der Waals surface area contributed by atoms with E-state index in [1.165, 1.54) is 31.4 Å². The van der Waals surface area contributed by atoms with Gasteiger partial charge < -0.3 is 10.2 Å². The lowest BCUT2D eigenvalue weighted by Crippen LogP contribution is -2.27. The van der Waals surface area contributed by atoms with Crippen molar-refractivity contribution < 1.29 is 4.79 Å². The molecule has 1 aliphatic heterocycles. The smallest absolute Gasteiger partial charge is 0.227 e. The van der Waals surface area contributed by atoms with Crippen LogP contribution in [0.1, 0.15) is 39.0 Å². The fraction of sp³-hybridized carbons (Fsp3) is 0.632. The summed E-state index contributed by atoms with van der Waals surface area (Å²) < 4.78 is 0. The summed E-state index contributed by atoms with van der Waals surface area (Å²) in [4.78, 5) is 14.9. The average Bonchev–Trinajstić information content (AvgIpc) is 3.24. The number of anilines is 2. The Morgan fingerprint density at radius 1 is 1.14 bits per heavy atom. The average molecular weight is 298 g/mol. The van der Waals surface area contributed by atoms with Crippen LogP contribution in [0.4, 0.5) is 11.4 Å². The normalized spacial score (nSPS) is 33.4. The molecule has 1 saturated heterocycles. The number of rotatable bonds is 3. The third kappa shape index (κ3) is 2.62. The summed E-state index contributed by atoms with van der Waals surface area (Å²) in [6, 6.07) is 8.41. The highest BCUT2D eigenvalue weighted by atomic mass is 16.1. The zero-order valence-corrected chi connectivity index (χ0v) is 13.4. The van der Waals surface area contributed by atoms with Gasteiger partial charge in [0.2, 0.25) is 5.91 Å². The lowest BCUT2D eigenvalue weighted by molar-refractivity contribution is -0.121. The number of fused-ring (bicyclic) bond motifs is 2. The molecule has 3 heteroatoms. The van der Waals surface area contributed by atoms with Crippen LogP contribution in [-0.4, -0.2) is 19.0 Å². The molecule has 1 N–H and O–H groups in total. The molecule has 1 aromatic rings. The highest BCUT2D eigenvalue weighted by molar-refractivity contribution is 5.93. The van der Waals surface area contributed by atoms with E-state index in [0.29, 0.717) is 5.92 Å². The molecule has 1 heterocycles. The number of benzene rings is 1. The third-order valence-corrected chi connectivity index (χ3v) is 6.00. The maximum Gasteiger partial charge on any atom is 0.227 e. The van der Waals surface area contributed by atoms with Gasteiger partial charge in [-0.3, -0.25) is 4.79 Å². The molecular weight excluding hydrogens is 272 g/mol. The minimum atomic E-state index is 0.245. The molecule has 2 aliphatic carbocycles. The summed E-state index contributed by atoms with van der Waals surface area (Å²) in [5.41, 5.74) is 2.23. The zero-order valence-electron chi connectivity index (χ0n) is 13.4. The molecule has 1 amide bonds. The topological polar surface area (TPSA) is 32.3 Å². The Morgan fingerprint density at radius 2 is 1.95 bits per heavy atom. The molecule has 4 atom stereocenters. The SMILES string of the molecule is CC1CCN(c2ccc(NC(=O)C3CC4CCC3C4)cc2)C1. The molecule has 3 aliphatic rings. The van der Waals surface area contributed by atoms with Gasteiger partial charge in [-0.15, -0.1) is 0 Å². The van der Waals surface area contributed by atoms with Crippen molar-refractivity contribution in [2.45, 2.75) is 39.0 Å². The molecule has 4 rings (SSSR count). The van der Waals surface area contributed by atoms with Crippen LogP contribution in [0.15, 0.2) is 24.3 Å². The Balaban J connectivity index is 1.38. The van der Waals surface area contributed by atoms with E-state index in [4.69, 9.17) is 0 Å². The van der Waals surface area contributed by atoms with Crippen molar-refractivity contribution in [1.82, 2.24) is 0 Å². The Morgan fingerprint density at radius 3 is 2.55 bits per heavy atom. The van der Waals surface area contributed by atoms with Crippen molar-refractivity contribution in [3.8, 4) is 0 Å². The van der Waals surface area contributed by atoms with Gasteiger partial charge in [0.15, 0.2) is 0 Å². The summed E-state index contributed by atoms with van der Waals surface area (Å²) in [6.07, 6.45) is 6.28. The van der Waals surface area contributed by atoms with Crippen LogP contribution >= 0.6 is 0 Å². The van der Waals surface area contributed by atoms with Crippen LogP contribution in [0.2, 0.25) is 0 Å². The third-order valence-electron chi connectivity index (χ3n) is 6.00. The molecule has 0 aromatic heterocycles. The first-order valence-corrected chi connectivity index (χ1v) is 8.85. The summed E-state index contributed by atoms with van der Waals surface area (Å²) in [7, 11) is 0. The highest BCUT2D eigenvalue weighted by Gasteiger charge is 2.42. The Kier molecular flexibility index (Phi) is 3.59. The van der Waals surface area contributed by atoms with Gasteiger partial charge in [0.25, 0.3) is 0 Å². The molecular formula is C19H26N2O. The maximum atomic E-state index is 12.5. The van der Waals surface area contributed by atoms with Crippen molar-refractivity contribution >= 4 is 17.3 Å². The van der Waals surface area contributed by atoms with Crippen LogP contribution in [0.5, 0.6) is 0 Å². The van der Waals surface area contributed by atoms with Crippen LogP contribution in [-0.2, 0) is 4.79 Å². The van der Waals surface area contributed by atoms with Gasteiger partial charge in [-0.1, -0.05) is 13.3 Å². The molecule has 22 heavy (non-hydrogen) atoms. The summed E-state index contributed by atoms with van der Waals surface area (Å²) >= 11 is 0. The van der Waals surface area contributed by atoms with E-state index in [-0.39, 0.29) is 11.8 Å². The first-order chi connectivity index (χ1) is 10.7. The van der Waals surface area contributed by atoms with E-state index in [9.17, 15) is 4.79 Å². The highest BCUT2D eigenvalue weighted by Crippen LogP contribution is 2.48. The molecule has 2 bridgehead atoms. The summed E-state index contributed by atoms with van der Waals surface area (Å²) in [5, 5.41) is 3.14. The second-order valence-electron chi connectivity index (χ2n) is 7.66. The molecule has 3 nitrogen and oxygen atoms in total. The Labute approximate surface area is 133 Å². The van der Waals surface area contributed by atoms with Gasteiger partial charge in [0.05, 0.1) is 0 Å². The van der Waals surface area contributed by atoms with E-state index in [1.54, 1.807) is 0 Å². The van der Waals surface area contributed by atoms with Gasteiger partial charge in [-0.2, -0.15) is 0 Å². The van der Waals surface area contributed by atoms with Gasteiger partial charge in [-0.05, 0) is 67.7 Å². The van der Waals surface area contributed by atoms with Crippen LogP contribution < -0.4 is 10.2 Å². The minimum Gasteiger partial charge on any atom is -0.371 e. The van der Waals surface area contributed by atoms with E-state index in [2.05, 4.69) is 41.4 Å². The lowest BCUT2D eigenvalue weighted by atomic mass is 9.88. The van der Waals surface area contributed by atoms with Crippen molar-refractivity contribution in [3.05, 3.63) is 24.3 Å². The van der Waals surface area contributed by atoms with E-state index < -0.39 is 0 Å². The molecule has 118 valence electrons. The van der Waals surface area contributed by atoms with Crippen LogP contribution in [0.25, 0.3) is 0 Å². The number of hydrogen-bond donors (Lipinski definition) is 1. The number of nitrogens with one attached hydrogen (secondary N) is 1. The number of carbonyl (C=O) groups is 1. The second-order valence-corrected chi connectivity index (χ2v) is 7.66. The molecule has 3 fully saturated rings. The molecule has 0 radical (unpaired) electrons. The van der Waals surface area contributed by atoms with Crippen molar-refractivity contribution in [3.63, 3.8) is 0 Å². The monoisotopic (exact) mass is 298 g/mol. The van der Waals surface area contributed by atoms with E-state index in [0.717, 1.165) is 37.0 Å². The van der Waals surface area contributed by atoms with Crippen molar-refractivity contribution in [2.75, 3.05) is 23.3 Å². The van der Waals surface area contributed by atoms with Gasteiger partial charge in [0, 0.05) is 30.4 Å². The quantitative estimate of drug-likeness (QED) is 0.917. The Hall–Kier alpha value is -1.51. The number of carbonyl (C=O) groups excluding carboxylic acids is 1. The largest absolute Gasteiger partial charge is 0.371 e. The van der Waals surface area contributed by atoms with E-state index >= 15 is 0 Å². The van der Waals surface area contributed by atoms with Gasteiger partial charge in [0.1, 0.15) is 0 Å². The lowest BCUT2D eigenvalue weighted by Gasteiger charge is -2.21. The standard InChI is InChI=1S/C19H26N2O/c1-13-8-9-21(12-13)17-6-4-16(5-7-17)20-19(22)18-11-14-2-3-15(18)10-14/h4-7,13-15,18H,2-3,8-12H2,1H3,(H,20,22). The van der Waals surface area contributed by atoms with Gasteiger partial charge >= 0.3 is 0 Å². The predicted octanol–water partition coefficient (Wildman–Crippen LogP) is 3.91. The maximum absolute atomic E-state index is 12.5. The van der Waals surface area contributed by atoms with E-state index in [1.807, 2.05) is 0 Å². The molecule has 0 spiro atoms. The second kappa shape index (κ2) is 5.60. The molecule has 4 unspecified atom stereocenters. The fourth-order valence-corrected chi connectivity index (χ4v) is 4.73. The summed E-state index contributed by atoms with van der Waals surface area (Å²) in [6.45, 7) is 4.61. The number of amides is 1. The Bertz CT molecular complexity index is 553. The first kappa shape index (κ1) is 14.1. The summed E-state index contributed by atoms with van der Waals surface area (Å²) in [5.74, 6) is 2.76. The minimum absolute atomic E-state index is 0.245. The predicted molar refractivity (Wildman–Crippen MR) is 90.0 cm³/mol. The number of nitrogens with zero attached hydrogens (tertiary/aromatic N) is 1. The van der Waals surface area contributed by atoms with Crippen molar-refractivity contribution in [2.24, 2.45) is 23.7 Å². The van der Waals surface area contributed by atoms with Crippen LogP contribution in [0.3, 0.4) is 0 Å². The molecule has 2 saturated carbocycles. The number of hydrogen-bond acceptors (Lipinski definition) is 2. The first-order valence-electron chi connectivity index (χ1n) is 8.85. The van der Waals surface area contributed by atoms with Crippen molar-refractivity contribution in [1.29, 1.82) is 0 Å². The van der Waals surface area contributed by atoms with Gasteiger partial charge in [-0.25, -0.2) is 0 Å². The zero-order chi connectivity index (χ0) is 15.1. The fourth-order valence-electron chi connectivity index (χ4n) is 4.73. The molecule has 1 aromatic carbocycles.